The smallest absolute Gasteiger partial charge is 0.297 e. The summed E-state index contributed by atoms with van der Waals surface area (Å²) in [6.45, 7) is 6.31. The quantitative estimate of drug-likeness (QED) is 0.488. The van der Waals surface area contributed by atoms with Crippen molar-refractivity contribution in [3.63, 3.8) is 0 Å². The highest BCUT2D eigenvalue weighted by atomic mass is 32.2. The van der Waals surface area contributed by atoms with Crippen LogP contribution in [0.25, 0.3) is 11.1 Å². The lowest BCUT2D eigenvalue weighted by atomic mass is 9.91. The maximum Gasteiger partial charge on any atom is 0.297 e. The molecule has 0 aliphatic carbocycles. The standard InChI is InChI=1S/C25H26O4S/c1-16(2)19-9-5-6-10-20(19)21-11-7-8-18-15-23(29-25(18)21)22-14-17(3)12-13-24(22)30(26,27)28-4/h5-14,16,23H,15H2,1-4H3. The van der Waals surface area contributed by atoms with Gasteiger partial charge in [-0.1, -0.05) is 74.0 Å². The Kier molecular flexibility index (Phi) is 5.43. The zero-order chi connectivity index (χ0) is 21.5. The van der Waals surface area contributed by atoms with Crippen LogP contribution in [0.5, 0.6) is 5.75 Å². The third-order valence-electron chi connectivity index (χ3n) is 5.64. The molecule has 0 saturated heterocycles. The second-order valence-electron chi connectivity index (χ2n) is 8.01. The Morgan fingerprint density at radius 2 is 1.73 bits per heavy atom. The highest BCUT2D eigenvalue weighted by Crippen LogP contribution is 2.46. The van der Waals surface area contributed by atoms with Crippen LogP contribution >= 0.6 is 0 Å². The van der Waals surface area contributed by atoms with Gasteiger partial charge >= 0.3 is 0 Å². The predicted octanol–water partition coefficient (Wildman–Crippen LogP) is 5.80. The summed E-state index contributed by atoms with van der Waals surface area (Å²) in [5, 5.41) is 0. The number of para-hydroxylation sites is 1. The minimum atomic E-state index is -3.83. The molecule has 0 spiro atoms. The molecule has 1 atom stereocenters. The first-order chi connectivity index (χ1) is 14.3. The van der Waals surface area contributed by atoms with Gasteiger partial charge in [-0.25, -0.2) is 0 Å². The van der Waals surface area contributed by atoms with E-state index in [1.807, 2.05) is 25.1 Å². The van der Waals surface area contributed by atoms with Gasteiger partial charge in [0.05, 0.1) is 7.11 Å². The maximum absolute atomic E-state index is 12.5. The van der Waals surface area contributed by atoms with Crippen molar-refractivity contribution in [2.75, 3.05) is 7.11 Å². The molecule has 3 aromatic carbocycles. The van der Waals surface area contributed by atoms with Crippen LogP contribution in [0.3, 0.4) is 0 Å². The molecule has 5 heteroatoms. The molecule has 0 N–H and O–H groups in total. The summed E-state index contributed by atoms with van der Waals surface area (Å²) in [5.74, 6) is 1.21. The number of ether oxygens (including phenoxy) is 1. The average Bonchev–Trinajstić information content (AvgIpc) is 3.18. The fraction of sp³-hybridized carbons (Fsp3) is 0.280. The van der Waals surface area contributed by atoms with Gasteiger partial charge in [0, 0.05) is 17.5 Å². The predicted molar refractivity (Wildman–Crippen MR) is 118 cm³/mol. The monoisotopic (exact) mass is 422 g/mol. The van der Waals surface area contributed by atoms with Crippen molar-refractivity contribution in [2.45, 2.75) is 44.1 Å². The molecule has 4 rings (SSSR count). The second-order valence-corrected chi connectivity index (χ2v) is 9.69. The van der Waals surface area contributed by atoms with Crippen LogP contribution in [0.1, 0.15) is 48.1 Å². The Hall–Kier alpha value is -2.63. The molecule has 1 aliphatic rings. The lowest BCUT2D eigenvalue weighted by Gasteiger charge is -2.18. The number of hydrogen-bond acceptors (Lipinski definition) is 4. The lowest BCUT2D eigenvalue weighted by molar-refractivity contribution is 0.235. The first-order valence-corrected chi connectivity index (χ1v) is 11.5. The largest absolute Gasteiger partial charge is 0.484 e. The summed E-state index contributed by atoms with van der Waals surface area (Å²) in [5.41, 5.74) is 6.15. The van der Waals surface area contributed by atoms with Crippen molar-refractivity contribution >= 4 is 10.1 Å². The zero-order valence-corrected chi connectivity index (χ0v) is 18.5. The number of hydrogen-bond donors (Lipinski definition) is 0. The molecule has 4 nitrogen and oxygen atoms in total. The van der Waals surface area contributed by atoms with E-state index in [4.69, 9.17) is 8.92 Å². The first kappa shape index (κ1) is 20.6. The molecule has 0 bridgehead atoms. The molecule has 1 heterocycles. The Balaban J connectivity index is 1.80. The van der Waals surface area contributed by atoms with Gasteiger partial charge in [-0.05, 0) is 35.6 Å². The molecule has 30 heavy (non-hydrogen) atoms. The van der Waals surface area contributed by atoms with Gasteiger partial charge in [0.25, 0.3) is 10.1 Å². The first-order valence-electron chi connectivity index (χ1n) is 10.1. The van der Waals surface area contributed by atoms with E-state index in [2.05, 4.69) is 44.2 Å². The zero-order valence-electron chi connectivity index (χ0n) is 17.7. The molecular weight excluding hydrogens is 396 g/mol. The maximum atomic E-state index is 12.5. The van der Waals surface area contributed by atoms with E-state index in [-0.39, 0.29) is 11.0 Å². The molecule has 0 aromatic heterocycles. The number of fused-ring (bicyclic) bond motifs is 1. The summed E-state index contributed by atoms with van der Waals surface area (Å²) in [4.78, 5) is 0.164. The van der Waals surface area contributed by atoms with Crippen molar-refractivity contribution in [1.29, 1.82) is 0 Å². The van der Waals surface area contributed by atoms with Crippen LogP contribution in [0, 0.1) is 6.92 Å². The van der Waals surface area contributed by atoms with E-state index in [0.717, 1.165) is 28.0 Å². The summed E-state index contributed by atoms with van der Waals surface area (Å²) in [6.07, 6.45) is 0.232. The van der Waals surface area contributed by atoms with E-state index in [1.165, 1.54) is 12.7 Å². The summed E-state index contributed by atoms with van der Waals surface area (Å²) >= 11 is 0. The van der Waals surface area contributed by atoms with Gasteiger partial charge in [-0.2, -0.15) is 8.42 Å². The van der Waals surface area contributed by atoms with Crippen molar-refractivity contribution < 1.29 is 17.3 Å². The van der Waals surface area contributed by atoms with E-state index in [9.17, 15) is 8.42 Å². The molecule has 0 saturated carbocycles. The third-order valence-corrected chi connectivity index (χ3v) is 6.99. The van der Waals surface area contributed by atoms with Crippen molar-refractivity contribution in [2.24, 2.45) is 0 Å². The SMILES string of the molecule is COS(=O)(=O)c1ccc(C)cc1C1Cc2cccc(-c3ccccc3C(C)C)c2O1. The number of aryl methyl sites for hydroxylation is 1. The minimum absolute atomic E-state index is 0.164. The van der Waals surface area contributed by atoms with Crippen LogP contribution < -0.4 is 4.74 Å². The van der Waals surface area contributed by atoms with Crippen LogP contribution in [-0.2, 0) is 20.7 Å². The molecule has 1 aliphatic heterocycles. The van der Waals surface area contributed by atoms with Crippen molar-refractivity contribution in [1.82, 2.24) is 0 Å². The van der Waals surface area contributed by atoms with Crippen molar-refractivity contribution in [3.05, 3.63) is 82.9 Å². The summed E-state index contributed by atoms with van der Waals surface area (Å²) in [7, 11) is -2.65. The van der Waals surface area contributed by atoms with Crippen LogP contribution in [-0.4, -0.2) is 15.5 Å². The fourth-order valence-electron chi connectivity index (χ4n) is 4.14. The number of rotatable bonds is 5. The second kappa shape index (κ2) is 7.89. The van der Waals surface area contributed by atoms with E-state index in [0.29, 0.717) is 17.9 Å². The minimum Gasteiger partial charge on any atom is -0.484 e. The Morgan fingerprint density at radius 3 is 2.47 bits per heavy atom. The third kappa shape index (κ3) is 3.64. The van der Waals surface area contributed by atoms with Crippen LogP contribution in [0.15, 0.2) is 65.6 Å². The van der Waals surface area contributed by atoms with Gasteiger partial charge in [0.2, 0.25) is 0 Å². The van der Waals surface area contributed by atoms with E-state index in [1.54, 1.807) is 12.1 Å². The number of benzene rings is 3. The normalized spacial score (nSPS) is 15.8. The molecular formula is C25H26O4S. The van der Waals surface area contributed by atoms with Crippen LogP contribution in [0.4, 0.5) is 0 Å². The molecule has 3 aromatic rings. The van der Waals surface area contributed by atoms with Crippen molar-refractivity contribution in [3.8, 4) is 16.9 Å². The van der Waals surface area contributed by atoms with Gasteiger partial charge < -0.3 is 4.74 Å². The summed E-state index contributed by atoms with van der Waals surface area (Å²) in [6, 6.07) is 19.8. The molecule has 1 unspecified atom stereocenters. The van der Waals surface area contributed by atoms with Gasteiger partial charge in [0.1, 0.15) is 16.7 Å². The highest BCUT2D eigenvalue weighted by molar-refractivity contribution is 7.86. The van der Waals surface area contributed by atoms with Gasteiger partial charge in [0.15, 0.2) is 0 Å². The molecule has 0 fully saturated rings. The molecule has 0 radical (unpaired) electrons. The molecule has 0 amide bonds. The fourth-order valence-corrected chi connectivity index (χ4v) is 5.03. The Bertz CT molecular complexity index is 1200. The Morgan fingerprint density at radius 1 is 1.00 bits per heavy atom. The topological polar surface area (TPSA) is 52.6 Å². The molecule has 156 valence electrons. The average molecular weight is 423 g/mol. The lowest BCUT2D eigenvalue weighted by Crippen LogP contribution is -2.12. The van der Waals surface area contributed by atoms with Gasteiger partial charge in [-0.15, -0.1) is 0 Å². The Labute approximate surface area is 178 Å². The summed E-state index contributed by atoms with van der Waals surface area (Å²) < 4.78 is 36.2. The highest BCUT2D eigenvalue weighted by Gasteiger charge is 2.32. The van der Waals surface area contributed by atoms with E-state index >= 15 is 0 Å². The van der Waals surface area contributed by atoms with Gasteiger partial charge in [-0.3, -0.25) is 4.18 Å². The van der Waals surface area contributed by atoms with Crippen LogP contribution in [0.2, 0.25) is 0 Å². The van der Waals surface area contributed by atoms with E-state index < -0.39 is 10.1 Å².